The molecule has 0 bridgehead atoms. The van der Waals surface area contributed by atoms with Crippen molar-refractivity contribution in [3.8, 4) is 5.75 Å². The van der Waals surface area contributed by atoms with Crippen molar-refractivity contribution in [1.29, 1.82) is 0 Å². The fourth-order valence-corrected chi connectivity index (χ4v) is 4.86. The van der Waals surface area contributed by atoms with Crippen LogP contribution in [0, 0.1) is 5.92 Å². The highest BCUT2D eigenvalue weighted by Gasteiger charge is 2.35. The van der Waals surface area contributed by atoms with Crippen molar-refractivity contribution in [2.45, 2.75) is 58.6 Å². The van der Waals surface area contributed by atoms with Crippen LogP contribution in [0.2, 0.25) is 5.02 Å². The lowest BCUT2D eigenvalue weighted by molar-refractivity contribution is -0.149. The third-order valence-electron chi connectivity index (χ3n) is 4.98. The number of para-hydroxylation sites is 1. The number of rotatable bonds is 10. The molecule has 186 valence electrons. The number of nitrogens with one attached hydrogen (secondary N) is 2. The molecule has 5 atom stereocenters. The van der Waals surface area contributed by atoms with Crippen LogP contribution in [0.4, 0.5) is 0 Å². The Bertz CT molecular complexity index is 1090. The van der Waals surface area contributed by atoms with Crippen LogP contribution < -0.4 is 20.9 Å². The number of halogens is 1. The van der Waals surface area contributed by atoms with Gasteiger partial charge in [0.1, 0.15) is 18.0 Å². The summed E-state index contributed by atoms with van der Waals surface area (Å²) < 4.78 is 24.6. The number of esters is 1. The molecule has 5 unspecified atom stereocenters. The number of carbonyl (C=O) groups excluding carboxylic acids is 1. The van der Waals surface area contributed by atoms with Crippen molar-refractivity contribution in [3.63, 3.8) is 0 Å². The Morgan fingerprint density at radius 1 is 1.29 bits per heavy atom. The quantitative estimate of drug-likeness (QED) is 0.366. The second kappa shape index (κ2) is 12.0. The molecule has 0 spiro atoms. The summed E-state index contributed by atoms with van der Waals surface area (Å²) in [6.45, 7) is 7.30. The maximum atomic E-state index is 12.3. The van der Waals surface area contributed by atoms with E-state index in [9.17, 15) is 14.4 Å². The lowest BCUT2D eigenvalue weighted by Gasteiger charge is -2.24. The second-order valence-corrected chi connectivity index (χ2v) is 9.91. The van der Waals surface area contributed by atoms with Crippen molar-refractivity contribution in [3.05, 3.63) is 62.4 Å². The van der Waals surface area contributed by atoms with E-state index in [2.05, 4.69) is 10.1 Å². The van der Waals surface area contributed by atoms with Crippen molar-refractivity contribution < 1.29 is 23.3 Å². The highest BCUT2D eigenvalue weighted by atomic mass is 35.5. The van der Waals surface area contributed by atoms with E-state index in [1.807, 2.05) is 6.92 Å². The van der Waals surface area contributed by atoms with Crippen LogP contribution >= 0.6 is 20.1 Å². The van der Waals surface area contributed by atoms with E-state index in [1.165, 1.54) is 16.8 Å². The van der Waals surface area contributed by atoms with E-state index in [1.54, 1.807) is 45.0 Å². The van der Waals surface area contributed by atoms with E-state index in [-0.39, 0.29) is 24.7 Å². The summed E-state index contributed by atoms with van der Waals surface area (Å²) >= 11 is 6.22. The number of H-pyrrole nitrogens is 1. The first-order valence-electron chi connectivity index (χ1n) is 10.9. The zero-order chi connectivity index (χ0) is 24.8. The third-order valence-corrected chi connectivity index (χ3v) is 6.64. The summed E-state index contributed by atoms with van der Waals surface area (Å²) in [6.07, 6.45) is 0.911. The fourth-order valence-electron chi connectivity index (χ4n) is 3.39. The van der Waals surface area contributed by atoms with E-state index in [0.717, 1.165) is 0 Å². The minimum Gasteiger partial charge on any atom is -0.462 e. The first-order chi connectivity index (χ1) is 16.1. The van der Waals surface area contributed by atoms with Gasteiger partial charge in [0.05, 0.1) is 23.8 Å². The summed E-state index contributed by atoms with van der Waals surface area (Å²) in [5, 5.41) is 3.43. The van der Waals surface area contributed by atoms with Gasteiger partial charge >= 0.3 is 20.2 Å². The van der Waals surface area contributed by atoms with Crippen molar-refractivity contribution in [1.82, 2.24) is 14.6 Å². The maximum absolute atomic E-state index is 12.3. The summed E-state index contributed by atoms with van der Waals surface area (Å²) in [6, 6.07) is 7.54. The van der Waals surface area contributed by atoms with Crippen molar-refractivity contribution in [2.75, 3.05) is 6.61 Å². The number of benzene rings is 1. The van der Waals surface area contributed by atoms with Gasteiger partial charge in [0, 0.05) is 18.2 Å². The molecule has 0 saturated carbocycles. The third kappa shape index (κ3) is 7.13. The molecule has 34 heavy (non-hydrogen) atoms. The highest BCUT2D eigenvalue weighted by molar-refractivity contribution is 7.45. The number of aromatic nitrogens is 2. The number of hydrogen-bond acceptors (Lipinski definition) is 8. The van der Waals surface area contributed by atoms with E-state index in [0.29, 0.717) is 17.2 Å². The fraction of sp³-hybridized carbons (Fsp3) is 0.500. The predicted octanol–water partition coefficient (Wildman–Crippen LogP) is 3.37. The number of ether oxygens (including phenoxy) is 2. The minimum atomic E-state index is -1.79. The number of hydrogen-bond donors (Lipinski definition) is 2. The Balaban J connectivity index is 1.67. The topological polar surface area (TPSA) is 121 Å². The Kier molecular flexibility index (Phi) is 9.27. The van der Waals surface area contributed by atoms with Crippen LogP contribution in [0.1, 0.15) is 40.3 Å². The molecule has 2 N–H and O–H groups in total. The average molecular weight is 514 g/mol. The Hall–Kier alpha value is -2.23. The molecule has 3 rings (SSSR count). The Morgan fingerprint density at radius 3 is 2.71 bits per heavy atom. The highest BCUT2D eigenvalue weighted by Crippen LogP contribution is 2.41. The minimum absolute atomic E-state index is 0.000758. The van der Waals surface area contributed by atoms with Crippen LogP contribution in [0.3, 0.4) is 0 Å². The summed E-state index contributed by atoms with van der Waals surface area (Å²) in [7, 11) is -1.79. The van der Waals surface area contributed by atoms with Crippen molar-refractivity contribution >= 4 is 26.1 Å². The molecule has 1 fully saturated rings. The van der Waals surface area contributed by atoms with Gasteiger partial charge in [-0.15, -0.1) is 0 Å². The van der Waals surface area contributed by atoms with Gasteiger partial charge < -0.3 is 18.5 Å². The first-order valence-corrected chi connectivity index (χ1v) is 12.5. The van der Waals surface area contributed by atoms with Crippen LogP contribution in [0.15, 0.2) is 46.1 Å². The smallest absolute Gasteiger partial charge is 0.330 e. The zero-order valence-electron chi connectivity index (χ0n) is 19.4. The number of carbonyl (C=O) groups is 1. The monoisotopic (exact) mass is 513 g/mol. The second-order valence-electron chi connectivity index (χ2n) is 8.29. The molecular formula is C22H29ClN3O7P. The summed E-state index contributed by atoms with van der Waals surface area (Å²) in [4.78, 5) is 38.0. The lowest BCUT2D eigenvalue weighted by Crippen LogP contribution is -2.35. The van der Waals surface area contributed by atoms with Gasteiger partial charge in [-0.25, -0.2) is 9.88 Å². The molecule has 1 saturated heterocycles. The molecule has 0 aliphatic carbocycles. The van der Waals surface area contributed by atoms with E-state index >= 15 is 0 Å². The van der Waals surface area contributed by atoms with Gasteiger partial charge in [-0.3, -0.25) is 19.1 Å². The van der Waals surface area contributed by atoms with Crippen LogP contribution in [0.5, 0.6) is 5.75 Å². The summed E-state index contributed by atoms with van der Waals surface area (Å²) in [5.74, 6) is -0.0245. The summed E-state index contributed by atoms with van der Waals surface area (Å²) in [5.41, 5.74) is -1.00. The molecule has 1 aliphatic rings. The van der Waals surface area contributed by atoms with Gasteiger partial charge in [0.15, 0.2) is 0 Å². The molecule has 2 heterocycles. The zero-order valence-corrected chi connectivity index (χ0v) is 21.0. The molecule has 12 heteroatoms. The molecule has 10 nitrogen and oxygen atoms in total. The lowest BCUT2D eigenvalue weighted by atomic mass is 10.1. The molecule has 1 aromatic heterocycles. The normalized spacial score (nSPS) is 21.9. The van der Waals surface area contributed by atoms with Crippen LogP contribution in [0.25, 0.3) is 0 Å². The molecule has 0 radical (unpaired) electrons. The average Bonchev–Trinajstić information content (AvgIpc) is 3.13. The van der Waals surface area contributed by atoms with Gasteiger partial charge in [0.2, 0.25) is 0 Å². The van der Waals surface area contributed by atoms with Gasteiger partial charge in [-0.05, 0) is 39.3 Å². The van der Waals surface area contributed by atoms with E-state index in [4.69, 9.17) is 30.1 Å². The predicted molar refractivity (Wildman–Crippen MR) is 128 cm³/mol. The maximum Gasteiger partial charge on any atom is 0.330 e. The van der Waals surface area contributed by atoms with E-state index < -0.39 is 38.0 Å². The van der Waals surface area contributed by atoms with Crippen molar-refractivity contribution in [2.24, 2.45) is 5.92 Å². The molecule has 0 amide bonds. The van der Waals surface area contributed by atoms with Gasteiger partial charge in [0.25, 0.3) is 5.56 Å². The van der Waals surface area contributed by atoms with Gasteiger partial charge in [-0.1, -0.05) is 30.7 Å². The molecule has 2 aromatic rings. The van der Waals surface area contributed by atoms with Crippen LogP contribution in [-0.2, 0) is 18.8 Å². The largest absolute Gasteiger partial charge is 0.462 e. The number of aromatic amines is 1. The SMILES string of the molecule is CC(C)OC(=O)C(C)NP(OCC1CC(C)C(n2ccc(=O)[nH]c2=O)O1)Oc1ccccc1Cl. The number of nitrogens with zero attached hydrogens (tertiary/aromatic N) is 1. The van der Waals surface area contributed by atoms with Crippen LogP contribution in [-0.4, -0.2) is 40.4 Å². The Labute approximate surface area is 203 Å². The molecular weight excluding hydrogens is 485 g/mol. The molecule has 1 aliphatic heterocycles. The van der Waals surface area contributed by atoms with Gasteiger partial charge in [-0.2, -0.15) is 0 Å². The Morgan fingerprint density at radius 2 is 2.03 bits per heavy atom. The first kappa shape index (κ1) is 26.4. The standard InChI is InChI=1S/C22H29ClN3O7P/c1-13(2)31-21(28)15(4)25-34(33-18-8-6-5-7-17(18)23)30-12-16-11-14(3)20(32-16)26-10-9-19(27)24-22(26)29/h5-10,13-16,20,25H,11-12H2,1-4H3,(H,24,27,29). The molecule has 1 aromatic carbocycles.